The van der Waals surface area contributed by atoms with Gasteiger partial charge in [-0.05, 0) is 80.4 Å². The highest BCUT2D eigenvalue weighted by Gasteiger charge is 2.12. The van der Waals surface area contributed by atoms with E-state index in [0.29, 0.717) is 10.7 Å². The maximum atomic E-state index is 12.4. The van der Waals surface area contributed by atoms with Crippen molar-refractivity contribution >= 4 is 22.4 Å². The summed E-state index contributed by atoms with van der Waals surface area (Å²) in [6.45, 7) is 6.09. The van der Waals surface area contributed by atoms with E-state index in [1.165, 1.54) is 22.5 Å². The zero-order valence-corrected chi connectivity index (χ0v) is 17.8. The van der Waals surface area contributed by atoms with Crippen molar-refractivity contribution in [3.63, 3.8) is 0 Å². The number of benzene rings is 3. The number of hydrogen-bond acceptors (Lipinski definition) is 5. The molecule has 0 unspecified atom stereocenters. The second-order valence-electron chi connectivity index (χ2n) is 7.11. The van der Waals surface area contributed by atoms with Crippen molar-refractivity contribution in [2.24, 2.45) is 0 Å². The number of carbonyl (C=O) groups is 1. The molecular formula is C24H21N3O2S. The lowest BCUT2D eigenvalue weighted by Crippen LogP contribution is -2.11. The van der Waals surface area contributed by atoms with Crippen LogP contribution in [-0.4, -0.2) is 16.1 Å². The lowest BCUT2D eigenvalue weighted by atomic mass is 10.1. The summed E-state index contributed by atoms with van der Waals surface area (Å²) in [5.74, 6) is 1.36. The molecule has 0 aliphatic rings. The van der Waals surface area contributed by atoms with E-state index in [2.05, 4.69) is 29.4 Å². The van der Waals surface area contributed by atoms with Crippen LogP contribution in [0.2, 0.25) is 0 Å². The van der Waals surface area contributed by atoms with Crippen LogP contribution in [0.25, 0.3) is 10.6 Å². The molecule has 0 saturated heterocycles. The minimum absolute atomic E-state index is 0.196. The molecule has 0 aliphatic heterocycles. The molecule has 1 N–H and O–H groups in total. The lowest BCUT2D eigenvalue weighted by molar-refractivity contribution is 0.102. The third kappa shape index (κ3) is 4.55. The molecule has 0 fully saturated rings. The largest absolute Gasteiger partial charge is 0.457 e. The van der Waals surface area contributed by atoms with Crippen LogP contribution < -0.4 is 10.1 Å². The summed E-state index contributed by atoms with van der Waals surface area (Å²) in [6, 6.07) is 21.1. The molecular weight excluding hydrogens is 394 g/mol. The monoisotopic (exact) mass is 415 g/mol. The van der Waals surface area contributed by atoms with E-state index in [1.54, 1.807) is 6.07 Å². The Labute approximate surface area is 179 Å². The van der Waals surface area contributed by atoms with Gasteiger partial charge in [0.25, 0.3) is 5.91 Å². The first-order valence-corrected chi connectivity index (χ1v) is 10.4. The van der Waals surface area contributed by atoms with Gasteiger partial charge in [0.15, 0.2) is 0 Å². The van der Waals surface area contributed by atoms with E-state index < -0.39 is 0 Å². The average Bonchev–Trinajstić information content (AvgIpc) is 3.20. The highest BCUT2D eigenvalue weighted by atomic mass is 32.1. The molecule has 150 valence electrons. The third-order valence-corrected chi connectivity index (χ3v) is 5.63. The van der Waals surface area contributed by atoms with Gasteiger partial charge in [-0.25, -0.2) is 0 Å². The van der Waals surface area contributed by atoms with Gasteiger partial charge in [-0.15, -0.1) is 10.2 Å². The van der Waals surface area contributed by atoms with Gasteiger partial charge < -0.3 is 4.74 Å². The van der Waals surface area contributed by atoms with E-state index in [4.69, 9.17) is 4.74 Å². The third-order valence-electron chi connectivity index (χ3n) is 4.74. The summed E-state index contributed by atoms with van der Waals surface area (Å²) in [6.07, 6.45) is 0. The smallest absolute Gasteiger partial charge is 0.257 e. The fraction of sp³-hybridized carbons (Fsp3) is 0.125. The topological polar surface area (TPSA) is 64.1 Å². The fourth-order valence-electron chi connectivity index (χ4n) is 2.93. The van der Waals surface area contributed by atoms with Gasteiger partial charge >= 0.3 is 0 Å². The Hall–Kier alpha value is -3.51. The van der Waals surface area contributed by atoms with Crippen LogP contribution >= 0.6 is 11.3 Å². The molecule has 0 radical (unpaired) electrons. The summed E-state index contributed by atoms with van der Waals surface area (Å²) in [5, 5.41) is 12.3. The van der Waals surface area contributed by atoms with Crippen LogP contribution in [0.4, 0.5) is 5.13 Å². The standard InChI is InChI=1S/C24H21N3O2S/c1-15-5-4-6-19(13-15)22(28)25-24-27-26-23(30-24)18-8-11-20(12-9-18)29-21-10-7-16(2)17(3)14-21/h4-14H,1-3H3,(H,25,27,28). The molecule has 0 spiro atoms. The Morgan fingerprint density at radius 3 is 2.37 bits per heavy atom. The number of nitrogens with zero attached hydrogens (tertiary/aromatic N) is 2. The summed E-state index contributed by atoms with van der Waals surface area (Å²) in [7, 11) is 0. The minimum atomic E-state index is -0.196. The Morgan fingerprint density at radius 1 is 0.867 bits per heavy atom. The molecule has 3 aromatic carbocycles. The number of anilines is 1. The Kier molecular flexibility index (Phi) is 5.59. The quantitative estimate of drug-likeness (QED) is 0.423. The van der Waals surface area contributed by atoms with Crippen LogP contribution in [0.15, 0.2) is 66.7 Å². The van der Waals surface area contributed by atoms with Crippen molar-refractivity contribution < 1.29 is 9.53 Å². The van der Waals surface area contributed by atoms with Crippen LogP contribution in [0.3, 0.4) is 0 Å². The van der Waals surface area contributed by atoms with Gasteiger partial charge in [0.1, 0.15) is 16.5 Å². The number of nitrogens with one attached hydrogen (secondary N) is 1. The number of aromatic nitrogens is 2. The average molecular weight is 416 g/mol. The number of hydrogen-bond donors (Lipinski definition) is 1. The highest BCUT2D eigenvalue weighted by Crippen LogP contribution is 2.30. The molecule has 4 aromatic rings. The minimum Gasteiger partial charge on any atom is -0.457 e. The Bertz CT molecular complexity index is 1200. The van der Waals surface area contributed by atoms with Crippen molar-refractivity contribution in [2.45, 2.75) is 20.8 Å². The molecule has 0 atom stereocenters. The predicted octanol–water partition coefficient (Wildman–Crippen LogP) is 6.17. The van der Waals surface area contributed by atoms with E-state index >= 15 is 0 Å². The molecule has 1 aromatic heterocycles. The molecule has 1 heterocycles. The van der Waals surface area contributed by atoms with E-state index in [9.17, 15) is 4.79 Å². The van der Waals surface area contributed by atoms with E-state index in [0.717, 1.165) is 27.6 Å². The highest BCUT2D eigenvalue weighted by molar-refractivity contribution is 7.18. The zero-order valence-electron chi connectivity index (χ0n) is 17.0. The Balaban J connectivity index is 1.44. The first kappa shape index (κ1) is 19.8. The molecule has 0 aliphatic carbocycles. The van der Waals surface area contributed by atoms with Crippen molar-refractivity contribution in [3.8, 4) is 22.1 Å². The molecule has 0 saturated carbocycles. The number of amides is 1. The van der Waals surface area contributed by atoms with Crippen molar-refractivity contribution in [2.75, 3.05) is 5.32 Å². The van der Waals surface area contributed by atoms with E-state index in [1.807, 2.05) is 67.6 Å². The normalized spacial score (nSPS) is 10.6. The molecule has 30 heavy (non-hydrogen) atoms. The van der Waals surface area contributed by atoms with Crippen LogP contribution in [0.5, 0.6) is 11.5 Å². The molecule has 0 bridgehead atoms. The van der Waals surface area contributed by atoms with Crippen molar-refractivity contribution in [1.29, 1.82) is 0 Å². The first-order valence-electron chi connectivity index (χ1n) is 9.55. The maximum Gasteiger partial charge on any atom is 0.257 e. The Morgan fingerprint density at radius 2 is 1.63 bits per heavy atom. The number of rotatable bonds is 5. The summed E-state index contributed by atoms with van der Waals surface area (Å²) >= 11 is 1.33. The molecule has 1 amide bonds. The van der Waals surface area contributed by atoms with Crippen molar-refractivity contribution in [1.82, 2.24) is 10.2 Å². The SMILES string of the molecule is Cc1cccc(C(=O)Nc2nnc(-c3ccc(Oc4ccc(C)c(C)c4)cc3)s2)c1. The molecule has 5 nitrogen and oxygen atoms in total. The summed E-state index contributed by atoms with van der Waals surface area (Å²) in [4.78, 5) is 12.4. The van der Waals surface area contributed by atoms with Crippen LogP contribution in [-0.2, 0) is 0 Å². The maximum absolute atomic E-state index is 12.4. The van der Waals surface area contributed by atoms with Gasteiger partial charge in [-0.1, -0.05) is 35.1 Å². The molecule has 4 rings (SSSR count). The zero-order chi connectivity index (χ0) is 21.1. The summed E-state index contributed by atoms with van der Waals surface area (Å²) in [5.41, 5.74) is 4.97. The van der Waals surface area contributed by atoms with Gasteiger partial charge in [-0.2, -0.15) is 0 Å². The van der Waals surface area contributed by atoms with Gasteiger partial charge in [0.05, 0.1) is 0 Å². The molecule has 6 heteroatoms. The number of aryl methyl sites for hydroxylation is 3. The second kappa shape index (κ2) is 8.47. The van der Waals surface area contributed by atoms with Gasteiger partial charge in [-0.3, -0.25) is 10.1 Å². The van der Waals surface area contributed by atoms with E-state index in [-0.39, 0.29) is 5.91 Å². The second-order valence-corrected chi connectivity index (χ2v) is 8.09. The number of carbonyl (C=O) groups excluding carboxylic acids is 1. The van der Waals surface area contributed by atoms with Crippen LogP contribution in [0.1, 0.15) is 27.0 Å². The fourth-order valence-corrected chi connectivity index (χ4v) is 3.67. The van der Waals surface area contributed by atoms with Crippen molar-refractivity contribution in [3.05, 3.63) is 89.0 Å². The first-order chi connectivity index (χ1) is 14.5. The van der Waals surface area contributed by atoms with Crippen LogP contribution in [0, 0.1) is 20.8 Å². The van der Waals surface area contributed by atoms with Gasteiger partial charge in [0.2, 0.25) is 5.13 Å². The number of ether oxygens (including phenoxy) is 1. The van der Waals surface area contributed by atoms with Gasteiger partial charge in [0, 0.05) is 11.1 Å². The summed E-state index contributed by atoms with van der Waals surface area (Å²) < 4.78 is 5.93. The predicted molar refractivity (Wildman–Crippen MR) is 120 cm³/mol. The lowest BCUT2D eigenvalue weighted by Gasteiger charge is -2.08.